The first-order valence-corrected chi connectivity index (χ1v) is 6.18. The minimum Gasteiger partial charge on any atom is -0.330 e. The fourth-order valence-corrected chi connectivity index (χ4v) is 3.42. The summed E-state index contributed by atoms with van der Waals surface area (Å²) in [5, 5.41) is 0. The Morgan fingerprint density at radius 2 is 2.07 bits per heavy atom. The Labute approximate surface area is 87.8 Å². The molecule has 0 amide bonds. The zero-order valence-corrected chi connectivity index (χ0v) is 9.58. The van der Waals surface area contributed by atoms with Crippen molar-refractivity contribution in [2.24, 2.45) is 17.6 Å². The highest BCUT2D eigenvalue weighted by Gasteiger charge is 2.37. The summed E-state index contributed by atoms with van der Waals surface area (Å²) in [7, 11) is 0. The predicted octanol–water partition coefficient (Wildman–Crippen LogP) is 1.84. The molecule has 2 aliphatic rings. The first-order valence-electron chi connectivity index (χ1n) is 6.18. The quantitative estimate of drug-likeness (QED) is 0.730. The van der Waals surface area contributed by atoms with E-state index in [1.54, 1.807) is 0 Å². The molecule has 1 saturated heterocycles. The number of rotatable bonds is 2. The van der Waals surface area contributed by atoms with Crippen LogP contribution in [0.1, 0.15) is 39.5 Å². The molecular formula is C12H24N2. The van der Waals surface area contributed by atoms with Gasteiger partial charge in [-0.1, -0.05) is 13.3 Å². The van der Waals surface area contributed by atoms with Crippen molar-refractivity contribution in [1.29, 1.82) is 0 Å². The zero-order valence-electron chi connectivity index (χ0n) is 9.58. The molecule has 2 fully saturated rings. The second-order valence-corrected chi connectivity index (χ2v) is 5.36. The summed E-state index contributed by atoms with van der Waals surface area (Å²) in [5.41, 5.74) is 5.76. The van der Waals surface area contributed by atoms with E-state index < -0.39 is 0 Å². The molecule has 1 aliphatic heterocycles. The van der Waals surface area contributed by atoms with Crippen molar-refractivity contribution in [3.05, 3.63) is 0 Å². The highest BCUT2D eigenvalue weighted by molar-refractivity contribution is 4.91. The van der Waals surface area contributed by atoms with E-state index in [1.807, 2.05) is 0 Å². The molecule has 4 unspecified atom stereocenters. The van der Waals surface area contributed by atoms with Crippen LogP contribution in [0, 0.1) is 11.8 Å². The monoisotopic (exact) mass is 196 g/mol. The van der Waals surface area contributed by atoms with E-state index in [4.69, 9.17) is 5.73 Å². The summed E-state index contributed by atoms with van der Waals surface area (Å²) in [6.07, 6.45) is 5.60. The molecule has 0 spiro atoms. The summed E-state index contributed by atoms with van der Waals surface area (Å²) in [6, 6.07) is 1.63. The van der Waals surface area contributed by atoms with Crippen molar-refractivity contribution >= 4 is 0 Å². The van der Waals surface area contributed by atoms with Crippen LogP contribution in [-0.4, -0.2) is 30.1 Å². The van der Waals surface area contributed by atoms with Gasteiger partial charge in [0, 0.05) is 18.6 Å². The highest BCUT2D eigenvalue weighted by atomic mass is 15.2. The number of likely N-dealkylation sites (tertiary alicyclic amines) is 1. The molecule has 2 nitrogen and oxygen atoms in total. The molecular weight excluding hydrogens is 172 g/mol. The summed E-state index contributed by atoms with van der Waals surface area (Å²) in [6.45, 7) is 6.93. The van der Waals surface area contributed by atoms with Gasteiger partial charge in [0.1, 0.15) is 0 Å². The van der Waals surface area contributed by atoms with Gasteiger partial charge in [0.25, 0.3) is 0 Å². The standard InChI is InChI=1S/C12H24N2/c1-9-4-3-5-12(9)14-8-11(7-13)6-10(14)2/h9-12H,3-8,13H2,1-2H3. The van der Waals surface area contributed by atoms with Crippen LogP contribution in [0.15, 0.2) is 0 Å². The normalized spacial score (nSPS) is 44.8. The lowest BCUT2D eigenvalue weighted by Gasteiger charge is -2.31. The molecule has 2 rings (SSSR count). The minimum absolute atomic E-state index is 0.762. The molecule has 0 aromatic carbocycles. The van der Waals surface area contributed by atoms with Crippen LogP contribution in [-0.2, 0) is 0 Å². The van der Waals surface area contributed by atoms with Crippen LogP contribution in [0.5, 0.6) is 0 Å². The maximum absolute atomic E-state index is 5.76. The molecule has 82 valence electrons. The van der Waals surface area contributed by atoms with Crippen LogP contribution in [0.3, 0.4) is 0 Å². The topological polar surface area (TPSA) is 29.3 Å². The summed E-state index contributed by atoms with van der Waals surface area (Å²) in [5.74, 6) is 1.67. The smallest absolute Gasteiger partial charge is 0.0124 e. The molecule has 2 N–H and O–H groups in total. The Hall–Kier alpha value is -0.0800. The molecule has 2 heteroatoms. The van der Waals surface area contributed by atoms with Gasteiger partial charge in [-0.3, -0.25) is 4.90 Å². The van der Waals surface area contributed by atoms with E-state index in [2.05, 4.69) is 18.7 Å². The molecule has 1 heterocycles. The van der Waals surface area contributed by atoms with Crippen LogP contribution in [0.4, 0.5) is 0 Å². The van der Waals surface area contributed by atoms with Crippen molar-refractivity contribution in [3.8, 4) is 0 Å². The van der Waals surface area contributed by atoms with Crippen molar-refractivity contribution in [3.63, 3.8) is 0 Å². The first-order chi connectivity index (χ1) is 6.72. The Balaban J connectivity index is 1.97. The van der Waals surface area contributed by atoms with Crippen LogP contribution < -0.4 is 5.73 Å². The van der Waals surface area contributed by atoms with Gasteiger partial charge in [0.2, 0.25) is 0 Å². The maximum Gasteiger partial charge on any atom is 0.0124 e. The SMILES string of the molecule is CC1CCCC1N1CC(CN)CC1C. The van der Waals surface area contributed by atoms with Gasteiger partial charge in [-0.05, 0) is 44.6 Å². The van der Waals surface area contributed by atoms with E-state index in [1.165, 1.54) is 32.2 Å². The van der Waals surface area contributed by atoms with Gasteiger partial charge in [0.15, 0.2) is 0 Å². The number of hydrogen-bond donors (Lipinski definition) is 1. The average molecular weight is 196 g/mol. The summed E-state index contributed by atoms with van der Waals surface area (Å²) in [4.78, 5) is 2.73. The third-order valence-electron chi connectivity index (χ3n) is 4.29. The Bertz CT molecular complexity index is 193. The summed E-state index contributed by atoms with van der Waals surface area (Å²) >= 11 is 0. The fraction of sp³-hybridized carbons (Fsp3) is 1.00. The lowest BCUT2D eigenvalue weighted by atomic mass is 10.0. The zero-order chi connectivity index (χ0) is 10.1. The van der Waals surface area contributed by atoms with E-state index in [0.29, 0.717) is 0 Å². The fourth-order valence-electron chi connectivity index (χ4n) is 3.42. The van der Waals surface area contributed by atoms with Gasteiger partial charge in [0.05, 0.1) is 0 Å². The molecule has 1 saturated carbocycles. The summed E-state index contributed by atoms with van der Waals surface area (Å²) < 4.78 is 0. The molecule has 14 heavy (non-hydrogen) atoms. The van der Waals surface area contributed by atoms with Gasteiger partial charge in [-0.2, -0.15) is 0 Å². The molecule has 0 bridgehead atoms. The van der Waals surface area contributed by atoms with Gasteiger partial charge in [-0.25, -0.2) is 0 Å². The Morgan fingerprint density at radius 3 is 2.57 bits per heavy atom. The van der Waals surface area contributed by atoms with Crippen molar-refractivity contribution in [2.45, 2.75) is 51.6 Å². The van der Waals surface area contributed by atoms with Crippen molar-refractivity contribution in [2.75, 3.05) is 13.1 Å². The molecule has 0 aromatic heterocycles. The Morgan fingerprint density at radius 1 is 1.29 bits per heavy atom. The predicted molar refractivity (Wildman–Crippen MR) is 60.1 cm³/mol. The van der Waals surface area contributed by atoms with Gasteiger partial charge >= 0.3 is 0 Å². The van der Waals surface area contributed by atoms with Crippen LogP contribution >= 0.6 is 0 Å². The third kappa shape index (κ3) is 1.82. The lowest BCUT2D eigenvalue weighted by molar-refractivity contribution is 0.157. The third-order valence-corrected chi connectivity index (χ3v) is 4.29. The minimum atomic E-state index is 0.762. The largest absolute Gasteiger partial charge is 0.330 e. The second-order valence-electron chi connectivity index (χ2n) is 5.36. The van der Waals surface area contributed by atoms with Crippen LogP contribution in [0.2, 0.25) is 0 Å². The van der Waals surface area contributed by atoms with Crippen molar-refractivity contribution < 1.29 is 0 Å². The highest BCUT2D eigenvalue weighted by Crippen LogP contribution is 2.35. The van der Waals surface area contributed by atoms with E-state index >= 15 is 0 Å². The van der Waals surface area contributed by atoms with E-state index in [-0.39, 0.29) is 0 Å². The molecule has 4 atom stereocenters. The lowest BCUT2D eigenvalue weighted by Crippen LogP contribution is -2.39. The average Bonchev–Trinajstić information content (AvgIpc) is 2.72. The Kier molecular flexibility index (Phi) is 3.13. The first kappa shape index (κ1) is 10.4. The van der Waals surface area contributed by atoms with E-state index in [9.17, 15) is 0 Å². The number of hydrogen-bond acceptors (Lipinski definition) is 2. The number of nitrogens with two attached hydrogens (primary N) is 1. The van der Waals surface area contributed by atoms with Crippen LogP contribution in [0.25, 0.3) is 0 Å². The maximum atomic E-state index is 5.76. The molecule has 0 radical (unpaired) electrons. The van der Waals surface area contributed by atoms with E-state index in [0.717, 1.165) is 30.5 Å². The van der Waals surface area contributed by atoms with Gasteiger partial charge in [-0.15, -0.1) is 0 Å². The second kappa shape index (κ2) is 4.19. The molecule has 1 aliphatic carbocycles. The molecule has 0 aromatic rings. The van der Waals surface area contributed by atoms with Gasteiger partial charge < -0.3 is 5.73 Å². The van der Waals surface area contributed by atoms with Crippen molar-refractivity contribution in [1.82, 2.24) is 4.90 Å². The number of nitrogens with zero attached hydrogens (tertiary/aromatic N) is 1.